The molecular formula is C99H153F4N11O33. The Hall–Kier alpha value is -10.8. The van der Waals surface area contributed by atoms with Crippen LogP contribution in [-0.2, 0) is 153 Å². The van der Waals surface area contributed by atoms with Gasteiger partial charge in [-0.05, 0) is 119 Å². The van der Waals surface area contributed by atoms with Crippen LogP contribution in [0.15, 0.2) is 60.7 Å². The largest absolute Gasteiger partial charge is 0.460 e. The predicted octanol–water partition coefficient (Wildman–Crippen LogP) is 3.91. The Balaban J connectivity index is 0.000000824. The Labute approximate surface area is 856 Å². The van der Waals surface area contributed by atoms with Crippen LogP contribution in [0.1, 0.15) is 169 Å². The second-order valence-electron chi connectivity index (χ2n) is 34.5. The SMILES string of the molecule is CC(C)(C)OC(=O)CCOCCOCCOCCOCCCC(=O)[C@@H](N)CCCCN.CC(C)(C)OC(=O)CCOCCOCCOCCOCCCC(=O)[C@H](CCCCNC(=O)CCOCCOCCNC(=O)CCN1C(=O)C=CC1=O)NC(=O)CCOCCOCCNC(=O)CCN1C(=O)C=CC1=O.Cc1cccc(C)n1.O=C(CCN1C(=O)C=CC1=O)NCCOCCOCCC(=O)Oc1c(F)c(F)cc(F)c1F. The van der Waals surface area contributed by atoms with E-state index in [0.717, 1.165) is 75.4 Å². The lowest BCUT2D eigenvalue weighted by Gasteiger charge is -2.19. The van der Waals surface area contributed by atoms with Gasteiger partial charge in [-0.25, -0.2) is 8.78 Å². The molecule has 44 nitrogen and oxygen atoms in total. The number of rotatable bonds is 81. The number of hydrogen-bond acceptors (Lipinski definition) is 36. The molecule has 830 valence electrons. The number of Topliss-reactive ketones (excluding diaryl/α,β-unsaturated/α-hetero) is 2. The van der Waals surface area contributed by atoms with E-state index in [1.807, 2.05) is 52.8 Å². The topological polar surface area (TPSA) is 565 Å². The molecule has 1 aromatic carbocycles. The van der Waals surface area contributed by atoms with Gasteiger partial charge in [0.15, 0.2) is 17.4 Å². The normalized spacial score (nSPS) is 13.1. The average Bonchev–Trinajstić information content (AvgIpc) is 1.79. The zero-order chi connectivity index (χ0) is 109. The molecule has 2 aromatic rings. The van der Waals surface area contributed by atoms with Gasteiger partial charge in [-0.2, -0.15) is 8.78 Å². The first kappa shape index (κ1) is 132. The minimum atomic E-state index is -1.82. The Morgan fingerprint density at radius 2 is 0.633 bits per heavy atom. The van der Waals surface area contributed by atoms with Crippen molar-refractivity contribution in [1.29, 1.82) is 0 Å². The third-order valence-corrected chi connectivity index (χ3v) is 19.7. The van der Waals surface area contributed by atoms with Crippen LogP contribution in [0.3, 0.4) is 0 Å². The molecule has 0 unspecified atom stereocenters. The summed E-state index contributed by atoms with van der Waals surface area (Å²) in [6.45, 7) is 24.4. The smallest absolute Gasteiger partial charge is 0.313 e. The molecule has 0 aliphatic carbocycles. The molecule has 4 heterocycles. The van der Waals surface area contributed by atoms with Crippen molar-refractivity contribution in [1.82, 2.24) is 46.3 Å². The number of amides is 11. The number of aromatic nitrogens is 1. The lowest BCUT2D eigenvalue weighted by atomic mass is 10.0. The third-order valence-electron chi connectivity index (χ3n) is 19.7. The van der Waals surface area contributed by atoms with E-state index in [-0.39, 0.29) is 242 Å². The Bertz CT molecular complexity index is 4250. The zero-order valence-corrected chi connectivity index (χ0v) is 86.0. The minimum Gasteiger partial charge on any atom is -0.460 e. The summed E-state index contributed by atoms with van der Waals surface area (Å²) in [4.78, 5) is 197. The van der Waals surface area contributed by atoms with Gasteiger partial charge in [-0.15, -0.1) is 0 Å². The van der Waals surface area contributed by atoms with E-state index in [9.17, 15) is 94.3 Å². The number of pyridine rings is 1. The summed E-state index contributed by atoms with van der Waals surface area (Å²) in [5.74, 6) is -14.6. The lowest BCUT2D eigenvalue weighted by molar-refractivity contribution is -0.157. The number of esters is 3. The molecule has 2 atom stereocenters. The van der Waals surface area contributed by atoms with Crippen molar-refractivity contribution in [3.05, 3.63) is 95.4 Å². The summed E-state index contributed by atoms with van der Waals surface area (Å²) < 4.78 is 143. The highest BCUT2D eigenvalue weighted by atomic mass is 19.2. The number of carbonyl (C=O) groups excluding carboxylic acids is 16. The molecule has 147 heavy (non-hydrogen) atoms. The first-order valence-corrected chi connectivity index (χ1v) is 49.2. The Morgan fingerprint density at radius 1 is 0.340 bits per heavy atom. The highest BCUT2D eigenvalue weighted by molar-refractivity contribution is 6.14. The van der Waals surface area contributed by atoms with Gasteiger partial charge in [0.25, 0.3) is 35.4 Å². The fraction of sp³-hybridized carbons (Fsp3) is 0.667. The molecule has 0 fully saturated rings. The van der Waals surface area contributed by atoms with E-state index >= 15 is 0 Å². The molecule has 3 aliphatic rings. The highest BCUT2D eigenvalue weighted by Gasteiger charge is 2.29. The monoisotopic (exact) mass is 2100 g/mol. The van der Waals surface area contributed by atoms with Crippen LogP contribution in [0.2, 0.25) is 0 Å². The number of nitrogens with zero attached hydrogens (tertiary/aromatic N) is 4. The van der Waals surface area contributed by atoms with Crippen LogP contribution in [0.4, 0.5) is 17.6 Å². The van der Waals surface area contributed by atoms with Crippen LogP contribution in [0.5, 0.6) is 5.75 Å². The number of nitrogens with two attached hydrogens (primary N) is 2. The molecule has 0 spiro atoms. The average molecular weight is 2100 g/mol. The van der Waals surface area contributed by atoms with Crippen molar-refractivity contribution in [2.45, 2.75) is 194 Å². The van der Waals surface area contributed by atoms with Crippen LogP contribution in [0, 0.1) is 37.1 Å². The zero-order valence-electron chi connectivity index (χ0n) is 86.0. The van der Waals surface area contributed by atoms with Gasteiger partial charge in [0.1, 0.15) is 17.0 Å². The molecule has 0 radical (unpaired) electrons. The number of imide groups is 3. The third kappa shape index (κ3) is 70.7. The summed E-state index contributed by atoms with van der Waals surface area (Å²) in [6.07, 6.45) is 12.6. The molecule has 3 aliphatic heterocycles. The molecule has 9 N–H and O–H groups in total. The molecule has 1 aromatic heterocycles. The Morgan fingerprint density at radius 3 is 0.966 bits per heavy atom. The number of halogens is 4. The number of ketones is 2. The molecule has 5 rings (SSSR count). The molecule has 48 heteroatoms. The van der Waals surface area contributed by atoms with E-state index in [1.165, 1.54) is 0 Å². The van der Waals surface area contributed by atoms with Crippen molar-refractivity contribution >= 4 is 94.5 Å². The molecule has 0 bridgehead atoms. The maximum atomic E-state index is 13.4. The minimum absolute atomic E-state index is 0.00203. The maximum absolute atomic E-state index is 13.4. The lowest BCUT2D eigenvalue weighted by Crippen LogP contribution is -2.41. The summed E-state index contributed by atoms with van der Waals surface area (Å²) in [5, 5.41) is 13.5. The summed E-state index contributed by atoms with van der Waals surface area (Å²) in [6, 6.07) is 4.86. The van der Waals surface area contributed by atoms with Gasteiger partial charge in [0.2, 0.25) is 46.9 Å². The summed E-state index contributed by atoms with van der Waals surface area (Å²) >= 11 is 0. The molecule has 0 saturated carbocycles. The fourth-order valence-electron chi connectivity index (χ4n) is 12.3. The summed E-state index contributed by atoms with van der Waals surface area (Å²) in [5.41, 5.74) is 12.5. The van der Waals surface area contributed by atoms with Crippen molar-refractivity contribution < 1.29 is 175 Å². The van der Waals surface area contributed by atoms with E-state index < -0.39 is 94.1 Å². The van der Waals surface area contributed by atoms with Crippen molar-refractivity contribution in [3.8, 4) is 5.75 Å². The number of ether oxygens (including phenoxy) is 17. The highest BCUT2D eigenvalue weighted by Crippen LogP contribution is 2.27. The predicted molar refractivity (Wildman–Crippen MR) is 520 cm³/mol. The quantitative estimate of drug-likeness (QED) is 0.0123. The Kier molecular flexibility index (Phi) is 73.9. The van der Waals surface area contributed by atoms with Crippen LogP contribution >= 0.6 is 0 Å². The van der Waals surface area contributed by atoms with Crippen molar-refractivity contribution in [3.63, 3.8) is 0 Å². The van der Waals surface area contributed by atoms with E-state index in [1.54, 1.807) is 20.8 Å². The number of nitrogens with one attached hydrogen (secondary N) is 5. The van der Waals surface area contributed by atoms with Crippen LogP contribution in [-0.4, -0.2) is 375 Å². The van der Waals surface area contributed by atoms with Crippen molar-refractivity contribution in [2.24, 2.45) is 11.5 Å². The molecule has 0 saturated heterocycles. The van der Waals surface area contributed by atoms with Crippen LogP contribution in [0.25, 0.3) is 0 Å². The van der Waals surface area contributed by atoms with Gasteiger partial charge in [0.05, 0.1) is 203 Å². The second-order valence-corrected chi connectivity index (χ2v) is 34.5. The van der Waals surface area contributed by atoms with Gasteiger partial charge in [-0.3, -0.25) is 96.4 Å². The van der Waals surface area contributed by atoms with Crippen LogP contribution < -0.4 is 42.8 Å². The summed E-state index contributed by atoms with van der Waals surface area (Å²) in [7, 11) is 0. The first-order chi connectivity index (χ1) is 70.3. The van der Waals surface area contributed by atoms with E-state index in [2.05, 4.69) is 36.3 Å². The second kappa shape index (κ2) is 82.1. The van der Waals surface area contributed by atoms with Gasteiger partial charge >= 0.3 is 17.9 Å². The fourth-order valence-corrected chi connectivity index (χ4v) is 12.3. The number of aryl methyl sites for hydroxylation is 2. The first-order valence-electron chi connectivity index (χ1n) is 49.2. The maximum Gasteiger partial charge on any atom is 0.313 e. The van der Waals surface area contributed by atoms with Gasteiger partial charge < -0.3 is 119 Å². The van der Waals surface area contributed by atoms with Gasteiger partial charge in [-0.1, -0.05) is 12.5 Å². The number of hydrogen-bond donors (Lipinski definition) is 7. The number of carbonyl (C=O) groups is 16. The number of unbranched alkanes of at least 4 members (excludes halogenated alkanes) is 2. The van der Waals surface area contributed by atoms with Crippen molar-refractivity contribution in [2.75, 3.05) is 237 Å². The number of benzene rings is 1. The van der Waals surface area contributed by atoms with E-state index in [0.29, 0.717) is 157 Å². The standard InChI is InChI=1S/C50H80N6O19.C22H44N2O7.C20H20F4N2O7.C7H9N/c1-50(2,3)75-49(66)17-26-70-32-36-74-38-37-73-35-29-67-23-6-8-40(57)39(54-44(61)16-25-69-31-34-72-28-20-53-42(59)14-22-56-47(64)11-12-48(56)65)7-4-5-18-51-43(60)15-24-68-30-33-71-27-19-52-41(58)13-21-55-45(62)9-10-46(55)63;1-22(2,3)31-21(26)9-12-28-14-16-30-18-17-29-15-13-27-11-6-8-20(25)19(24)7-4-5-10-23;21-12-11-13(22)19(24)20(18(12)23)33-17(30)4-7-31-9-10-32-8-5-25-14(27)3-6-26-15(28)1-2-16(26)29;1-6-4-3-5-7(2)8-6/h9-12,39H,4-8,13-38H2,1-3H3,(H,51,60)(H,52,58)(H,53,59)(H,54,61);19H,4-18,23-24H2,1-3H3;1-2,11H,3-10H2,(H,25,27);3-5H,1-2H3/t39-;19-;;/m00../s1. The molecular weight excluding hydrogens is 1950 g/mol. The van der Waals surface area contributed by atoms with Gasteiger partial charge in [0, 0.05) is 158 Å². The molecule has 11 amide bonds. The van der Waals surface area contributed by atoms with E-state index in [4.69, 9.17) is 87.3 Å².